The highest BCUT2D eigenvalue weighted by atomic mass is 16.5. The molecule has 0 unspecified atom stereocenters. The molecule has 0 bridgehead atoms. The summed E-state index contributed by atoms with van der Waals surface area (Å²) in [6, 6.07) is 14.7. The van der Waals surface area contributed by atoms with Crippen LogP contribution in [0.5, 0.6) is 0 Å². The van der Waals surface area contributed by atoms with Crippen molar-refractivity contribution in [3.05, 3.63) is 71.3 Å². The summed E-state index contributed by atoms with van der Waals surface area (Å²) in [6.45, 7) is 6.60. The Balaban J connectivity index is 1.75. The van der Waals surface area contributed by atoms with Crippen LogP contribution in [0.15, 0.2) is 65.2 Å². The van der Waals surface area contributed by atoms with Crippen molar-refractivity contribution in [3.63, 3.8) is 0 Å². The minimum absolute atomic E-state index is 0.0668. The van der Waals surface area contributed by atoms with Crippen LogP contribution in [0.3, 0.4) is 0 Å². The summed E-state index contributed by atoms with van der Waals surface area (Å²) >= 11 is 0. The van der Waals surface area contributed by atoms with E-state index in [2.05, 4.69) is 5.32 Å². The van der Waals surface area contributed by atoms with Gasteiger partial charge in [0.05, 0.1) is 28.9 Å². The highest BCUT2D eigenvalue weighted by molar-refractivity contribution is 6.35. The Hall–Kier alpha value is -3.74. The van der Waals surface area contributed by atoms with E-state index in [9.17, 15) is 14.4 Å². The standard InChI is InChI=1S/C27H31N3O4/c1-6-27(2,3)26(33)34-16-15-30(5)19-13-11-18(12-14-19)29-23-17-22(25(32)28-4)24(31)21-10-8-7-9-20(21)23/h7-14,17H,6,15-16H2,1-5H3,(H,28,32). The van der Waals surface area contributed by atoms with Crippen molar-refractivity contribution in [2.45, 2.75) is 27.2 Å². The van der Waals surface area contributed by atoms with E-state index < -0.39 is 11.3 Å². The number of nitrogens with one attached hydrogen (secondary N) is 1. The highest BCUT2D eigenvalue weighted by Gasteiger charge is 2.28. The molecule has 2 aromatic carbocycles. The number of aliphatic imine (C=N–C) groups is 1. The van der Waals surface area contributed by atoms with E-state index >= 15 is 0 Å². The van der Waals surface area contributed by atoms with Crippen molar-refractivity contribution < 1.29 is 19.1 Å². The lowest BCUT2D eigenvalue weighted by molar-refractivity contribution is -0.153. The number of nitrogens with zero attached hydrogens (tertiary/aromatic N) is 2. The van der Waals surface area contributed by atoms with Gasteiger partial charge in [-0.15, -0.1) is 0 Å². The third-order valence-corrected chi connectivity index (χ3v) is 6.08. The van der Waals surface area contributed by atoms with E-state index in [1.54, 1.807) is 12.1 Å². The summed E-state index contributed by atoms with van der Waals surface area (Å²) in [6.07, 6.45) is 2.26. The fourth-order valence-electron chi connectivity index (χ4n) is 3.39. The van der Waals surface area contributed by atoms with Gasteiger partial charge in [-0.3, -0.25) is 14.4 Å². The van der Waals surface area contributed by atoms with Crippen LogP contribution in [0, 0.1) is 5.41 Å². The number of likely N-dealkylation sites (N-methyl/N-ethyl adjacent to an activating group) is 2. The number of anilines is 1. The lowest BCUT2D eigenvalue weighted by Crippen LogP contribution is -2.30. The molecule has 0 heterocycles. The number of carbonyl (C=O) groups is 3. The van der Waals surface area contributed by atoms with Gasteiger partial charge in [0, 0.05) is 30.9 Å². The number of esters is 1. The van der Waals surface area contributed by atoms with Crippen LogP contribution in [0.25, 0.3) is 0 Å². The molecule has 1 aliphatic carbocycles. The molecule has 34 heavy (non-hydrogen) atoms. The Morgan fingerprint density at radius 1 is 1.06 bits per heavy atom. The summed E-state index contributed by atoms with van der Waals surface area (Å²) in [7, 11) is 3.43. The Labute approximate surface area is 200 Å². The van der Waals surface area contributed by atoms with Crippen LogP contribution in [-0.2, 0) is 14.3 Å². The molecular weight excluding hydrogens is 430 g/mol. The minimum atomic E-state index is -0.478. The number of carbonyl (C=O) groups excluding carboxylic acids is 3. The summed E-state index contributed by atoms with van der Waals surface area (Å²) < 4.78 is 5.43. The number of benzene rings is 2. The summed E-state index contributed by atoms with van der Waals surface area (Å²) in [5.74, 6) is -0.939. The summed E-state index contributed by atoms with van der Waals surface area (Å²) in [4.78, 5) is 43.8. The quantitative estimate of drug-likeness (QED) is 0.473. The van der Waals surface area contributed by atoms with Crippen LogP contribution in [0.2, 0.25) is 0 Å². The molecule has 1 aliphatic rings. The van der Waals surface area contributed by atoms with Gasteiger partial charge >= 0.3 is 5.97 Å². The molecule has 0 atom stereocenters. The number of rotatable bonds is 8. The zero-order valence-corrected chi connectivity index (χ0v) is 20.3. The first-order valence-corrected chi connectivity index (χ1v) is 11.3. The molecule has 7 heteroatoms. The van der Waals surface area contributed by atoms with Gasteiger partial charge in [-0.1, -0.05) is 31.2 Å². The number of hydrogen-bond acceptors (Lipinski definition) is 6. The first kappa shape index (κ1) is 24.9. The Kier molecular flexibility index (Phi) is 7.66. The zero-order chi connectivity index (χ0) is 24.9. The molecule has 0 saturated heterocycles. The largest absolute Gasteiger partial charge is 0.463 e. The molecule has 2 aromatic rings. The van der Waals surface area contributed by atoms with Gasteiger partial charge < -0.3 is 15.0 Å². The fourth-order valence-corrected chi connectivity index (χ4v) is 3.39. The molecule has 0 fully saturated rings. The lowest BCUT2D eigenvalue weighted by Gasteiger charge is -2.23. The predicted octanol–water partition coefficient (Wildman–Crippen LogP) is 4.09. The number of amides is 1. The molecule has 0 spiro atoms. The Morgan fingerprint density at radius 2 is 1.71 bits per heavy atom. The number of ketones is 1. The molecule has 0 aromatic heterocycles. The normalized spacial score (nSPS) is 14.3. The highest BCUT2D eigenvalue weighted by Crippen LogP contribution is 2.26. The average molecular weight is 462 g/mol. The van der Waals surface area contributed by atoms with Crippen molar-refractivity contribution in [2.75, 3.05) is 32.1 Å². The van der Waals surface area contributed by atoms with Crippen molar-refractivity contribution >= 4 is 34.7 Å². The summed E-state index contributed by atoms with van der Waals surface area (Å²) in [5, 5.41) is 2.52. The smallest absolute Gasteiger partial charge is 0.311 e. The Morgan fingerprint density at radius 3 is 2.32 bits per heavy atom. The van der Waals surface area contributed by atoms with Crippen molar-refractivity contribution in [3.8, 4) is 0 Å². The molecule has 7 nitrogen and oxygen atoms in total. The molecular formula is C27H31N3O4. The van der Waals surface area contributed by atoms with Gasteiger partial charge in [0.1, 0.15) is 6.61 Å². The second kappa shape index (κ2) is 10.5. The monoisotopic (exact) mass is 461 g/mol. The number of allylic oxidation sites excluding steroid dienone is 1. The fraction of sp³-hybridized carbons (Fsp3) is 0.333. The topological polar surface area (TPSA) is 88.1 Å². The third-order valence-electron chi connectivity index (χ3n) is 6.08. The first-order chi connectivity index (χ1) is 16.2. The molecule has 0 aliphatic heterocycles. The summed E-state index contributed by atoms with van der Waals surface area (Å²) in [5.41, 5.74) is 2.94. The van der Waals surface area contributed by atoms with Gasteiger partial charge in [-0.25, -0.2) is 4.99 Å². The van der Waals surface area contributed by atoms with E-state index in [4.69, 9.17) is 9.73 Å². The average Bonchev–Trinajstić information content (AvgIpc) is 2.85. The van der Waals surface area contributed by atoms with E-state index in [0.717, 1.165) is 12.1 Å². The molecule has 1 N–H and O–H groups in total. The van der Waals surface area contributed by atoms with Crippen LogP contribution in [0.4, 0.5) is 11.4 Å². The van der Waals surface area contributed by atoms with E-state index in [-0.39, 0.29) is 17.3 Å². The maximum absolute atomic E-state index is 12.7. The third kappa shape index (κ3) is 5.42. The van der Waals surface area contributed by atoms with Crippen LogP contribution >= 0.6 is 0 Å². The van der Waals surface area contributed by atoms with Gasteiger partial charge in [-0.05, 0) is 50.6 Å². The second-order valence-electron chi connectivity index (χ2n) is 8.82. The zero-order valence-electron chi connectivity index (χ0n) is 20.3. The molecule has 178 valence electrons. The van der Waals surface area contributed by atoms with Crippen LogP contribution < -0.4 is 10.2 Å². The number of fused-ring (bicyclic) bond motifs is 1. The van der Waals surface area contributed by atoms with E-state index in [1.165, 1.54) is 13.1 Å². The van der Waals surface area contributed by atoms with Gasteiger partial charge in [0.25, 0.3) is 5.91 Å². The lowest BCUT2D eigenvalue weighted by atomic mass is 9.88. The van der Waals surface area contributed by atoms with E-state index in [1.807, 2.05) is 69.1 Å². The predicted molar refractivity (Wildman–Crippen MR) is 134 cm³/mol. The first-order valence-electron chi connectivity index (χ1n) is 11.3. The van der Waals surface area contributed by atoms with Crippen molar-refractivity contribution in [2.24, 2.45) is 10.4 Å². The van der Waals surface area contributed by atoms with E-state index in [0.29, 0.717) is 35.7 Å². The van der Waals surface area contributed by atoms with Crippen LogP contribution in [0.1, 0.15) is 43.1 Å². The molecule has 0 radical (unpaired) electrons. The van der Waals surface area contributed by atoms with Crippen molar-refractivity contribution in [1.29, 1.82) is 0 Å². The maximum atomic E-state index is 12.7. The molecule has 0 saturated carbocycles. The minimum Gasteiger partial charge on any atom is -0.463 e. The number of ether oxygens (including phenoxy) is 1. The SMILES string of the molecule is CCC(C)(C)C(=O)OCCN(C)c1ccc(N=C2C=C(C(=O)NC)C(=O)c3ccccc32)cc1. The van der Waals surface area contributed by atoms with Gasteiger partial charge in [0.2, 0.25) is 0 Å². The number of hydrogen-bond donors (Lipinski definition) is 1. The van der Waals surface area contributed by atoms with Gasteiger partial charge in [0.15, 0.2) is 5.78 Å². The molecule has 3 rings (SSSR count). The Bertz CT molecular complexity index is 1150. The number of Topliss-reactive ketones (excluding diaryl/α,β-unsaturated/α-hetero) is 1. The molecule has 1 amide bonds. The van der Waals surface area contributed by atoms with Crippen molar-refractivity contribution in [1.82, 2.24) is 5.32 Å². The second-order valence-corrected chi connectivity index (χ2v) is 8.82. The van der Waals surface area contributed by atoms with Gasteiger partial charge in [-0.2, -0.15) is 0 Å². The maximum Gasteiger partial charge on any atom is 0.311 e. The van der Waals surface area contributed by atoms with Crippen LogP contribution in [-0.4, -0.2) is 50.6 Å².